The first-order valence-corrected chi connectivity index (χ1v) is 10.1. The van der Waals surface area contributed by atoms with Crippen molar-refractivity contribution >= 4 is 23.7 Å². The molecule has 0 aliphatic heterocycles. The maximum absolute atomic E-state index is 12.8. The highest BCUT2D eigenvalue weighted by atomic mass is 16.4. The fraction of sp³-hybridized carbons (Fsp3) is 0.789. The molecule has 0 aliphatic carbocycles. The summed E-state index contributed by atoms with van der Waals surface area (Å²) in [5, 5.41) is 16.3. The van der Waals surface area contributed by atoms with E-state index in [1.807, 2.05) is 6.92 Å². The number of carboxylic acid groups (broad SMARTS) is 1. The topological polar surface area (TPSA) is 177 Å². The Morgan fingerprint density at radius 1 is 0.931 bits per heavy atom. The van der Waals surface area contributed by atoms with Crippen LogP contribution in [0.2, 0.25) is 0 Å². The monoisotopic (exact) mass is 415 g/mol. The van der Waals surface area contributed by atoms with Crippen LogP contribution in [0.1, 0.15) is 53.4 Å². The minimum atomic E-state index is -1.18. The molecule has 10 nitrogen and oxygen atoms in total. The highest BCUT2D eigenvalue weighted by molar-refractivity contribution is 5.93. The Morgan fingerprint density at radius 3 is 2.00 bits per heavy atom. The van der Waals surface area contributed by atoms with E-state index in [2.05, 4.69) is 16.0 Å². The van der Waals surface area contributed by atoms with E-state index >= 15 is 0 Å². The molecule has 0 spiro atoms. The van der Waals surface area contributed by atoms with E-state index in [0.29, 0.717) is 25.8 Å². The van der Waals surface area contributed by atoms with Gasteiger partial charge in [0.05, 0.1) is 6.04 Å². The second-order valence-electron chi connectivity index (χ2n) is 7.60. The molecule has 0 rings (SSSR count). The number of hydrogen-bond donors (Lipinski definition) is 6. The number of nitrogens with two attached hydrogens (primary N) is 2. The molecule has 4 unspecified atom stereocenters. The van der Waals surface area contributed by atoms with Gasteiger partial charge >= 0.3 is 5.97 Å². The third-order valence-corrected chi connectivity index (χ3v) is 4.76. The lowest BCUT2D eigenvalue weighted by atomic mass is 9.96. The number of hydrogen-bond acceptors (Lipinski definition) is 6. The van der Waals surface area contributed by atoms with Crippen LogP contribution in [0.3, 0.4) is 0 Å². The minimum Gasteiger partial charge on any atom is -0.480 e. The van der Waals surface area contributed by atoms with Gasteiger partial charge in [0.15, 0.2) is 0 Å². The summed E-state index contributed by atoms with van der Waals surface area (Å²) < 4.78 is 0. The molecule has 0 aliphatic rings. The molecule has 0 aromatic carbocycles. The smallest absolute Gasteiger partial charge is 0.322 e. The Kier molecular flexibility index (Phi) is 12.8. The van der Waals surface area contributed by atoms with Crippen LogP contribution in [0.25, 0.3) is 0 Å². The summed E-state index contributed by atoms with van der Waals surface area (Å²) in [5.41, 5.74) is 11.3. The molecular formula is C19H37N5O5. The standard InChI is InChI=1S/C19H37N5O5/c1-5-12(4)16(18(28)22-10-14(25)26)24-19(29)15(11(2)3)23-17(27)13(21)8-6-7-9-20/h11-13,15-16H,5-10,20-21H2,1-4H3,(H,22,28)(H,23,27)(H,24,29)(H,25,26). The van der Waals surface area contributed by atoms with Crippen molar-refractivity contribution in [3.63, 3.8) is 0 Å². The Labute approximate surface area is 172 Å². The molecular weight excluding hydrogens is 378 g/mol. The number of unbranched alkanes of at least 4 members (excludes halogenated alkanes) is 1. The van der Waals surface area contributed by atoms with Crippen molar-refractivity contribution in [3.05, 3.63) is 0 Å². The molecule has 0 radical (unpaired) electrons. The lowest BCUT2D eigenvalue weighted by Crippen LogP contribution is -2.58. The predicted molar refractivity (Wildman–Crippen MR) is 110 cm³/mol. The van der Waals surface area contributed by atoms with Crippen molar-refractivity contribution in [3.8, 4) is 0 Å². The van der Waals surface area contributed by atoms with Gasteiger partial charge < -0.3 is 32.5 Å². The van der Waals surface area contributed by atoms with E-state index in [-0.39, 0.29) is 11.8 Å². The van der Waals surface area contributed by atoms with Gasteiger partial charge in [-0.15, -0.1) is 0 Å². The first-order chi connectivity index (χ1) is 13.5. The average molecular weight is 416 g/mol. The summed E-state index contributed by atoms with van der Waals surface area (Å²) >= 11 is 0. The fourth-order valence-electron chi connectivity index (χ4n) is 2.65. The van der Waals surface area contributed by atoms with Gasteiger partial charge in [-0.2, -0.15) is 0 Å². The van der Waals surface area contributed by atoms with Crippen molar-refractivity contribution in [2.75, 3.05) is 13.1 Å². The van der Waals surface area contributed by atoms with Crippen molar-refractivity contribution in [2.24, 2.45) is 23.3 Å². The highest BCUT2D eigenvalue weighted by Crippen LogP contribution is 2.10. The molecule has 0 aromatic heterocycles. The number of carboxylic acids is 1. The summed E-state index contributed by atoms with van der Waals surface area (Å²) in [6.45, 7) is 7.16. The molecule has 0 saturated carbocycles. The van der Waals surface area contributed by atoms with Crippen LogP contribution in [0.5, 0.6) is 0 Å². The molecule has 29 heavy (non-hydrogen) atoms. The second kappa shape index (κ2) is 13.9. The van der Waals surface area contributed by atoms with E-state index < -0.39 is 48.4 Å². The zero-order valence-electron chi connectivity index (χ0n) is 17.9. The fourth-order valence-corrected chi connectivity index (χ4v) is 2.65. The van der Waals surface area contributed by atoms with Crippen molar-refractivity contribution in [1.29, 1.82) is 0 Å². The molecule has 0 fully saturated rings. The first-order valence-electron chi connectivity index (χ1n) is 10.1. The number of carbonyl (C=O) groups excluding carboxylic acids is 3. The van der Waals surface area contributed by atoms with Crippen LogP contribution >= 0.6 is 0 Å². The maximum Gasteiger partial charge on any atom is 0.322 e. The van der Waals surface area contributed by atoms with E-state index in [1.165, 1.54) is 0 Å². The van der Waals surface area contributed by atoms with E-state index in [9.17, 15) is 19.2 Å². The van der Waals surface area contributed by atoms with E-state index in [4.69, 9.17) is 16.6 Å². The Balaban J connectivity index is 5.12. The van der Waals surface area contributed by atoms with E-state index in [1.54, 1.807) is 20.8 Å². The average Bonchev–Trinajstić information content (AvgIpc) is 2.66. The number of nitrogens with one attached hydrogen (secondary N) is 3. The SMILES string of the molecule is CCC(C)C(NC(=O)C(NC(=O)C(N)CCCCN)C(C)C)C(=O)NCC(=O)O. The molecule has 0 aromatic rings. The van der Waals surface area contributed by atoms with Gasteiger partial charge in [0, 0.05) is 0 Å². The molecule has 0 bridgehead atoms. The summed E-state index contributed by atoms with van der Waals surface area (Å²) in [6, 6.07) is -2.54. The molecule has 0 saturated heterocycles. The third-order valence-electron chi connectivity index (χ3n) is 4.76. The molecule has 3 amide bonds. The zero-order chi connectivity index (χ0) is 22.6. The summed E-state index contributed by atoms with van der Waals surface area (Å²) in [5.74, 6) is -3.18. The summed E-state index contributed by atoms with van der Waals surface area (Å²) in [6.07, 6.45) is 2.53. The van der Waals surface area contributed by atoms with Gasteiger partial charge in [-0.05, 0) is 31.2 Å². The Morgan fingerprint density at radius 2 is 1.52 bits per heavy atom. The van der Waals surface area contributed by atoms with Gasteiger partial charge in [-0.1, -0.05) is 40.5 Å². The quantitative estimate of drug-likeness (QED) is 0.203. The van der Waals surface area contributed by atoms with Crippen molar-refractivity contribution in [1.82, 2.24) is 16.0 Å². The van der Waals surface area contributed by atoms with Crippen LogP contribution in [0, 0.1) is 11.8 Å². The molecule has 8 N–H and O–H groups in total. The van der Waals surface area contributed by atoms with Gasteiger partial charge in [0.1, 0.15) is 18.6 Å². The highest BCUT2D eigenvalue weighted by Gasteiger charge is 2.32. The van der Waals surface area contributed by atoms with Crippen LogP contribution in [-0.4, -0.2) is 60.0 Å². The third kappa shape index (κ3) is 10.2. The van der Waals surface area contributed by atoms with Crippen molar-refractivity contribution in [2.45, 2.75) is 71.5 Å². The van der Waals surface area contributed by atoms with Crippen LogP contribution in [0.4, 0.5) is 0 Å². The second-order valence-corrected chi connectivity index (χ2v) is 7.60. The molecule has 0 heterocycles. The van der Waals surface area contributed by atoms with Gasteiger partial charge in [-0.3, -0.25) is 19.2 Å². The van der Waals surface area contributed by atoms with Gasteiger partial charge in [0.2, 0.25) is 17.7 Å². The van der Waals surface area contributed by atoms with Gasteiger partial charge in [0.25, 0.3) is 0 Å². The number of amides is 3. The van der Waals surface area contributed by atoms with Crippen LogP contribution in [0.15, 0.2) is 0 Å². The number of rotatable bonds is 14. The Hall–Kier alpha value is -2.20. The normalized spacial score (nSPS) is 15.1. The number of carbonyl (C=O) groups is 4. The summed E-state index contributed by atoms with van der Waals surface area (Å²) in [4.78, 5) is 48.2. The van der Waals surface area contributed by atoms with Gasteiger partial charge in [-0.25, -0.2) is 0 Å². The zero-order valence-corrected chi connectivity index (χ0v) is 17.9. The number of aliphatic carboxylic acids is 1. The lowest BCUT2D eigenvalue weighted by Gasteiger charge is -2.28. The lowest BCUT2D eigenvalue weighted by molar-refractivity contribution is -0.139. The predicted octanol–water partition coefficient (Wildman–Crippen LogP) is -0.685. The van der Waals surface area contributed by atoms with E-state index in [0.717, 1.165) is 6.42 Å². The largest absolute Gasteiger partial charge is 0.480 e. The molecule has 4 atom stereocenters. The molecule has 168 valence electrons. The van der Waals surface area contributed by atoms with Crippen LogP contribution in [-0.2, 0) is 19.2 Å². The minimum absolute atomic E-state index is 0.227. The Bertz CT molecular complexity index is 555. The maximum atomic E-state index is 12.8. The summed E-state index contributed by atoms with van der Waals surface area (Å²) in [7, 11) is 0. The van der Waals surface area contributed by atoms with Crippen LogP contribution < -0.4 is 27.4 Å². The first kappa shape index (κ1) is 26.8. The molecule has 10 heteroatoms. The van der Waals surface area contributed by atoms with Crippen molar-refractivity contribution < 1.29 is 24.3 Å².